The lowest BCUT2D eigenvalue weighted by Crippen LogP contribution is -2.45. The van der Waals surface area contributed by atoms with Gasteiger partial charge in [0.1, 0.15) is 0 Å². The van der Waals surface area contributed by atoms with Crippen molar-refractivity contribution in [1.82, 2.24) is 5.32 Å². The van der Waals surface area contributed by atoms with E-state index in [2.05, 4.69) is 104 Å². The van der Waals surface area contributed by atoms with Gasteiger partial charge in [-0.15, -0.1) is 0 Å². The summed E-state index contributed by atoms with van der Waals surface area (Å²) in [4.78, 5) is 12.3. The van der Waals surface area contributed by atoms with Crippen molar-refractivity contribution in [3.05, 3.63) is 97.2 Å². The van der Waals surface area contributed by atoms with Gasteiger partial charge in [0.25, 0.3) is 0 Å². The van der Waals surface area contributed by atoms with Crippen LogP contribution in [-0.4, -0.2) is 34.9 Å². The van der Waals surface area contributed by atoms with E-state index < -0.39 is 12.1 Å². The van der Waals surface area contributed by atoms with Crippen LogP contribution in [0.3, 0.4) is 0 Å². The molecule has 0 radical (unpaired) electrons. The Morgan fingerprint density at radius 3 is 1.32 bits per heavy atom. The maximum Gasteiger partial charge on any atom is 0.220 e. The van der Waals surface area contributed by atoms with Gasteiger partial charge in [-0.25, -0.2) is 0 Å². The predicted molar refractivity (Wildman–Crippen MR) is 220 cm³/mol. The molecule has 0 aromatic carbocycles. The van der Waals surface area contributed by atoms with E-state index in [1.165, 1.54) is 70.6 Å². The van der Waals surface area contributed by atoms with Crippen LogP contribution in [0.5, 0.6) is 0 Å². The standard InChI is InChI=1S/C46H77NO3/c1-3-5-7-9-11-12-13-14-15-16-17-18-19-20-21-22-23-24-25-26-27-28-29-30-31-32-33-34-36-38-40-42-46(50)47-44(43-48)45(49)41-39-37-35-10-8-6-4-2/h5,7,11-12,14-15,17-18,20-21,23-24,26-27,39,41,44-45,48-49H,3-4,6,8-10,13,16,19,22,25,28-38,40,42-43H2,1-2H3,(H,47,50)/b7-5-,12-11-,15-14-,18-17-,21-20-,24-23-,27-26-,41-39+. The molecule has 0 aliphatic rings. The normalized spacial score (nSPS) is 14.1. The molecular weight excluding hydrogens is 615 g/mol. The minimum absolute atomic E-state index is 0.0810. The number of nitrogens with one attached hydrogen (secondary N) is 1. The molecule has 0 rings (SSSR count). The summed E-state index contributed by atoms with van der Waals surface area (Å²) in [7, 11) is 0. The molecule has 0 bridgehead atoms. The molecule has 4 heteroatoms. The van der Waals surface area contributed by atoms with Crippen molar-refractivity contribution in [3.63, 3.8) is 0 Å². The van der Waals surface area contributed by atoms with Crippen LogP contribution in [0.25, 0.3) is 0 Å². The summed E-state index contributed by atoms with van der Waals surface area (Å²) in [5.41, 5.74) is 0. The van der Waals surface area contributed by atoms with E-state index in [-0.39, 0.29) is 12.5 Å². The number of aliphatic hydroxyl groups excluding tert-OH is 2. The first-order valence-electron chi connectivity index (χ1n) is 20.5. The average Bonchev–Trinajstić information content (AvgIpc) is 3.12. The summed E-state index contributed by atoms with van der Waals surface area (Å²) < 4.78 is 0. The van der Waals surface area contributed by atoms with Crippen molar-refractivity contribution in [3.8, 4) is 0 Å². The summed E-state index contributed by atoms with van der Waals surface area (Å²) in [6.07, 6.45) is 60.9. The second-order valence-electron chi connectivity index (χ2n) is 13.3. The van der Waals surface area contributed by atoms with Gasteiger partial charge in [0.05, 0.1) is 18.8 Å². The summed E-state index contributed by atoms with van der Waals surface area (Å²) in [6, 6.07) is -0.628. The first-order valence-corrected chi connectivity index (χ1v) is 20.5. The smallest absolute Gasteiger partial charge is 0.220 e. The fourth-order valence-electron chi connectivity index (χ4n) is 5.45. The molecule has 4 nitrogen and oxygen atoms in total. The lowest BCUT2D eigenvalue weighted by atomic mass is 10.1. The van der Waals surface area contributed by atoms with Gasteiger partial charge in [-0.05, 0) is 77.0 Å². The number of carbonyl (C=O) groups is 1. The van der Waals surface area contributed by atoms with Crippen LogP contribution in [0.1, 0.15) is 168 Å². The van der Waals surface area contributed by atoms with Gasteiger partial charge in [-0.3, -0.25) is 4.79 Å². The molecule has 284 valence electrons. The van der Waals surface area contributed by atoms with Gasteiger partial charge in [0.2, 0.25) is 5.91 Å². The van der Waals surface area contributed by atoms with Crippen LogP contribution in [0.2, 0.25) is 0 Å². The number of hydrogen-bond donors (Lipinski definition) is 3. The number of carbonyl (C=O) groups excluding carboxylic acids is 1. The number of amides is 1. The Balaban J connectivity index is 3.60. The highest BCUT2D eigenvalue weighted by atomic mass is 16.3. The number of rotatable bonds is 35. The summed E-state index contributed by atoms with van der Waals surface area (Å²) >= 11 is 0. The minimum Gasteiger partial charge on any atom is -0.394 e. The van der Waals surface area contributed by atoms with E-state index in [1.807, 2.05) is 6.08 Å². The molecule has 2 unspecified atom stereocenters. The van der Waals surface area contributed by atoms with Crippen LogP contribution >= 0.6 is 0 Å². The second-order valence-corrected chi connectivity index (χ2v) is 13.3. The van der Waals surface area contributed by atoms with Crippen LogP contribution < -0.4 is 5.32 Å². The quantitative estimate of drug-likeness (QED) is 0.0458. The van der Waals surface area contributed by atoms with Gasteiger partial charge in [-0.2, -0.15) is 0 Å². The Kier molecular flexibility index (Phi) is 38.5. The molecule has 0 spiro atoms. The number of allylic oxidation sites excluding steroid dienone is 15. The molecule has 2 atom stereocenters. The monoisotopic (exact) mass is 692 g/mol. The molecule has 0 saturated heterocycles. The molecule has 0 fully saturated rings. The summed E-state index contributed by atoms with van der Waals surface area (Å²) in [6.45, 7) is 4.11. The third-order valence-corrected chi connectivity index (χ3v) is 8.57. The first-order chi connectivity index (χ1) is 24.7. The van der Waals surface area contributed by atoms with E-state index in [4.69, 9.17) is 0 Å². The SMILES string of the molecule is CC/C=C\C/C=C\C/C=C\C/C=C\C/C=C\C/C=C\C/C=C\CCCCCCCCCCCC(=O)NC(CO)C(O)/C=C/CCCCCCC. The number of hydrogen-bond acceptors (Lipinski definition) is 3. The molecule has 1 amide bonds. The molecular formula is C46H77NO3. The van der Waals surface area contributed by atoms with Gasteiger partial charge < -0.3 is 15.5 Å². The maximum absolute atomic E-state index is 12.3. The van der Waals surface area contributed by atoms with Gasteiger partial charge >= 0.3 is 0 Å². The number of unbranched alkanes of at least 4 members (excludes halogenated alkanes) is 14. The molecule has 0 aromatic heterocycles. The van der Waals surface area contributed by atoms with Crippen LogP contribution in [0.15, 0.2) is 97.2 Å². The fourth-order valence-corrected chi connectivity index (χ4v) is 5.45. The highest BCUT2D eigenvalue weighted by Crippen LogP contribution is 2.12. The maximum atomic E-state index is 12.3. The van der Waals surface area contributed by atoms with Crippen molar-refractivity contribution < 1.29 is 15.0 Å². The lowest BCUT2D eigenvalue weighted by Gasteiger charge is -2.20. The molecule has 0 heterocycles. The van der Waals surface area contributed by atoms with Crippen LogP contribution in [0, 0.1) is 0 Å². The highest BCUT2D eigenvalue weighted by Gasteiger charge is 2.17. The molecule has 0 aliphatic carbocycles. The Bertz CT molecular complexity index is 968. The Hall–Kier alpha value is -2.69. The summed E-state index contributed by atoms with van der Waals surface area (Å²) in [5.74, 6) is -0.0810. The molecule has 0 saturated carbocycles. The third-order valence-electron chi connectivity index (χ3n) is 8.57. The third kappa shape index (κ3) is 36.6. The Morgan fingerprint density at radius 1 is 0.500 bits per heavy atom. The van der Waals surface area contributed by atoms with E-state index in [0.29, 0.717) is 6.42 Å². The number of aliphatic hydroxyl groups is 2. The summed E-state index contributed by atoms with van der Waals surface area (Å²) in [5, 5.41) is 22.7. The van der Waals surface area contributed by atoms with Crippen molar-refractivity contribution in [1.29, 1.82) is 0 Å². The lowest BCUT2D eigenvalue weighted by molar-refractivity contribution is -0.123. The van der Waals surface area contributed by atoms with Crippen molar-refractivity contribution >= 4 is 5.91 Å². The van der Waals surface area contributed by atoms with Gasteiger partial charge in [0.15, 0.2) is 0 Å². The van der Waals surface area contributed by atoms with Gasteiger partial charge in [-0.1, -0.05) is 182 Å². The Morgan fingerprint density at radius 2 is 0.880 bits per heavy atom. The molecule has 50 heavy (non-hydrogen) atoms. The van der Waals surface area contributed by atoms with Crippen LogP contribution in [0.4, 0.5) is 0 Å². The second kappa shape index (κ2) is 40.7. The van der Waals surface area contributed by atoms with E-state index >= 15 is 0 Å². The van der Waals surface area contributed by atoms with E-state index in [0.717, 1.165) is 77.0 Å². The zero-order valence-corrected chi connectivity index (χ0v) is 32.4. The van der Waals surface area contributed by atoms with Crippen LogP contribution in [-0.2, 0) is 4.79 Å². The molecule has 3 N–H and O–H groups in total. The topological polar surface area (TPSA) is 69.6 Å². The highest BCUT2D eigenvalue weighted by molar-refractivity contribution is 5.76. The van der Waals surface area contributed by atoms with Crippen molar-refractivity contribution in [2.24, 2.45) is 0 Å². The molecule has 0 aromatic rings. The molecule has 0 aliphatic heterocycles. The van der Waals surface area contributed by atoms with Crippen molar-refractivity contribution in [2.45, 2.75) is 180 Å². The zero-order valence-electron chi connectivity index (χ0n) is 32.4. The largest absolute Gasteiger partial charge is 0.394 e. The predicted octanol–water partition coefficient (Wildman–Crippen LogP) is 12.7. The fraction of sp³-hybridized carbons (Fsp3) is 0.630. The van der Waals surface area contributed by atoms with Crippen molar-refractivity contribution in [2.75, 3.05) is 6.61 Å². The van der Waals surface area contributed by atoms with Gasteiger partial charge in [0, 0.05) is 6.42 Å². The van der Waals surface area contributed by atoms with E-state index in [1.54, 1.807) is 6.08 Å². The average molecular weight is 692 g/mol. The minimum atomic E-state index is -0.844. The van der Waals surface area contributed by atoms with E-state index in [9.17, 15) is 15.0 Å². The first kappa shape index (κ1) is 47.3. The zero-order chi connectivity index (χ0) is 36.4. The Labute approximate surface area is 309 Å².